The molecule has 1 aromatic carbocycles. The van der Waals surface area contributed by atoms with Gasteiger partial charge in [-0.2, -0.15) is 0 Å². The summed E-state index contributed by atoms with van der Waals surface area (Å²) >= 11 is 0. The monoisotopic (exact) mass is 213 g/mol. The van der Waals surface area contributed by atoms with Gasteiger partial charge in [0.2, 0.25) is 0 Å². The second-order valence-electron chi connectivity index (χ2n) is 2.81. The van der Waals surface area contributed by atoms with Crippen LogP contribution in [0.25, 0.3) is 10.9 Å². The maximum absolute atomic E-state index is 10.5. The minimum Gasteiger partial charge on any atom is -0.404 e. The van der Waals surface area contributed by atoms with Gasteiger partial charge in [0.15, 0.2) is 0 Å². The Balaban J connectivity index is 2.39. The van der Waals surface area contributed by atoms with Crippen molar-refractivity contribution in [1.82, 2.24) is 4.98 Å². The van der Waals surface area contributed by atoms with Crippen molar-refractivity contribution in [2.45, 2.75) is 0 Å². The first-order valence-electron chi connectivity index (χ1n) is 3.87. The SMILES string of the molecule is O=P(O)(O)Oc1ccc2cc[nH]c2c1. The maximum atomic E-state index is 10.5. The Hall–Kier alpha value is -1.29. The number of hydrogen-bond acceptors (Lipinski definition) is 2. The zero-order valence-electron chi connectivity index (χ0n) is 7.04. The highest BCUT2D eigenvalue weighted by Gasteiger charge is 2.15. The molecule has 0 amide bonds. The van der Waals surface area contributed by atoms with Gasteiger partial charge in [-0.05, 0) is 23.6 Å². The van der Waals surface area contributed by atoms with Gasteiger partial charge in [0.1, 0.15) is 5.75 Å². The average molecular weight is 213 g/mol. The Labute approximate surface area is 79.6 Å². The molecule has 0 fully saturated rings. The largest absolute Gasteiger partial charge is 0.524 e. The van der Waals surface area contributed by atoms with Crippen LogP contribution in [0.5, 0.6) is 5.75 Å². The highest BCUT2D eigenvalue weighted by Crippen LogP contribution is 2.38. The first-order chi connectivity index (χ1) is 6.54. The van der Waals surface area contributed by atoms with E-state index in [1.807, 2.05) is 6.07 Å². The Kier molecular flexibility index (Phi) is 2.07. The fourth-order valence-corrected chi connectivity index (χ4v) is 1.61. The lowest BCUT2D eigenvalue weighted by atomic mass is 10.2. The third-order valence-corrected chi connectivity index (χ3v) is 2.20. The van der Waals surface area contributed by atoms with Gasteiger partial charge < -0.3 is 9.51 Å². The van der Waals surface area contributed by atoms with Gasteiger partial charge in [-0.1, -0.05) is 0 Å². The number of benzene rings is 1. The smallest absolute Gasteiger partial charge is 0.404 e. The van der Waals surface area contributed by atoms with Crippen LogP contribution in [-0.2, 0) is 4.57 Å². The van der Waals surface area contributed by atoms with E-state index in [0.717, 1.165) is 10.9 Å². The van der Waals surface area contributed by atoms with Crippen LogP contribution in [-0.4, -0.2) is 14.8 Å². The van der Waals surface area contributed by atoms with Crippen molar-refractivity contribution in [3.05, 3.63) is 30.5 Å². The normalized spacial score (nSPS) is 11.9. The number of fused-ring (bicyclic) bond motifs is 1. The van der Waals surface area contributed by atoms with E-state index >= 15 is 0 Å². The second kappa shape index (κ2) is 3.13. The summed E-state index contributed by atoms with van der Waals surface area (Å²) in [4.78, 5) is 20.1. The number of nitrogens with one attached hydrogen (secondary N) is 1. The molecule has 1 aromatic heterocycles. The lowest BCUT2D eigenvalue weighted by Gasteiger charge is -2.05. The Morgan fingerprint density at radius 1 is 1.29 bits per heavy atom. The van der Waals surface area contributed by atoms with Crippen LogP contribution in [0.2, 0.25) is 0 Å². The molecule has 0 radical (unpaired) electrons. The number of hydrogen-bond donors (Lipinski definition) is 3. The quantitative estimate of drug-likeness (QED) is 0.662. The Morgan fingerprint density at radius 2 is 2.07 bits per heavy atom. The van der Waals surface area contributed by atoms with Crippen LogP contribution in [0.4, 0.5) is 0 Å². The van der Waals surface area contributed by atoms with Crippen LogP contribution in [0.15, 0.2) is 30.5 Å². The standard InChI is InChI=1S/C8H8NO4P/c10-14(11,12)13-7-2-1-6-3-4-9-8(6)5-7/h1-5,9H,(H2,10,11,12). The Morgan fingerprint density at radius 3 is 2.79 bits per heavy atom. The second-order valence-corrected chi connectivity index (χ2v) is 3.97. The zero-order valence-corrected chi connectivity index (χ0v) is 7.94. The highest BCUT2D eigenvalue weighted by atomic mass is 31.2. The summed E-state index contributed by atoms with van der Waals surface area (Å²) in [6, 6.07) is 6.62. The van der Waals surface area contributed by atoms with E-state index in [-0.39, 0.29) is 5.75 Å². The van der Waals surface area contributed by atoms with Crippen molar-refractivity contribution in [1.29, 1.82) is 0 Å². The molecule has 5 nitrogen and oxygen atoms in total. The van der Waals surface area contributed by atoms with Crippen LogP contribution in [0.3, 0.4) is 0 Å². The number of H-pyrrole nitrogens is 1. The van der Waals surface area contributed by atoms with E-state index in [1.165, 1.54) is 12.1 Å². The minimum atomic E-state index is -4.46. The third kappa shape index (κ3) is 1.96. The van der Waals surface area contributed by atoms with Crippen molar-refractivity contribution < 1.29 is 18.9 Å². The molecule has 3 N–H and O–H groups in total. The summed E-state index contributed by atoms with van der Waals surface area (Å²) in [5, 5.41) is 0.961. The summed E-state index contributed by atoms with van der Waals surface area (Å²) in [6.45, 7) is 0. The molecule has 0 aliphatic heterocycles. The fourth-order valence-electron chi connectivity index (χ4n) is 1.22. The molecule has 0 saturated heterocycles. The number of aromatic amines is 1. The minimum absolute atomic E-state index is 0.147. The fraction of sp³-hybridized carbons (Fsp3) is 0. The van der Waals surface area contributed by atoms with Gasteiger partial charge >= 0.3 is 7.82 Å². The van der Waals surface area contributed by atoms with Crippen molar-refractivity contribution in [2.24, 2.45) is 0 Å². The van der Waals surface area contributed by atoms with Crippen molar-refractivity contribution >= 4 is 18.7 Å². The number of phosphoric ester groups is 1. The molecule has 0 aliphatic carbocycles. The van der Waals surface area contributed by atoms with E-state index in [9.17, 15) is 4.57 Å². The lowest BCUT2D eigenvalue weighted by Crippen LogP contribution is -1.89. The molecule has 0 spiro atoms. The van der Waals surface area contributed by atoms with E-state index in [4.69, 9.17) is 9.79 Å². The predicted molar refractivity (Wildman–Crippen MR) is 51.0 cm³/mol. The first-order valence-corrected chi connectivity index (χ1v) is 5.40. The molecule has 6 heteroatoms. The topological polar surface area (TPSA) is 82.6 Å². The molecule has 14 heavy (non-hydrogen) atoms. The molecule has 1 heterocycles. The molecular formula is C8H8NO4P. The summed E-state index contributed by atoms with van der Waals surface area (Å²) in [5.41, 5.74) is 0.774. The molecule has 0 saturated carbocycles. The molecular weight excluding hydrogens is 205 g/mol. The van der Waals surface area contributed by atoms with Crippen molar-refractivity contribution in [2.75, 3.05) is 0 Å². The molecule has 2 rings (SSSR count). The summed E-state index contributed by atoms with van der Waals surface area (Å²) in [7, 11) is -4.46. The number of rotatable bonds is 2. The van der Waals surface area contributed by atoms with Crippen molar-refractivity contribution in [3.8, 4) is 5.75 Å². The highest BCUT2D eigenvalue weighted by molar-refractivity contribution is 7.46. The summed E-state index contributed by atoms with van der Waals surface area (Å²) < 4.78 is 15.0. The zero-order chi connectivity index (χ0) is 10.2. The lowest BCUT2D eigenvalue weighted by molar-refractivity contribution is 0.283. The van der Waals surface area contributed by atoms with Crippen molar-refractivity contribution in [3.63, 3.8) is 0 Å². The van der Waals surface area contributed by atoms with Gasteiger partial charge in [-0.3, -0.25) is 9.79 Å². The van der Waals surface area contributed by atoms with Gasteiger partial charge in [0.25, 0.3) is 0 Å². The summed E-state index contributed by atoms with van der Waals surface area (Å²) in [6.07, 6.45) is 1.74. The number of aromatic nitrogens is 1. The molecule has 74 valence electrons. The first kappa shape index (κ1) is 9.27. The van der Waals surface area contributed by atoms with Crippen LogP contribution >= 0.6 is 7.82 Å². The molecule has 0 unspecified atom stereocenters. The van der Waals surface area contributed by atoms with E-state index < -0.39 is 7.82 Å². The predicted octanol–water partition coefficient (Wildman–Crippen LogP) is 1.64. The van der Waals surface area contributed by atoms with Gasteiger partial charge in [-0.25, -0.2) is 4.57 Å². The molecule has 0 aliphatic rings. The maximum Gasteiger partial charge on any atom is 0.524 e. The average Bonchev–Trinajstić information content (AvgIpc) is 2.47. The van der Waals surface area contributed by atoms with E-state index in [0.29, 0.717) is 0 Å². The molecule has 0 bridgehead atoms. The number of phosphoric acid groups is 1. The Bertz CT molecular complexity index is 501. The van der Waals surface area contributed by atoms with E-state index in [1.54, 1.807) is 12.3 Å². The van der Waals surface area contributed by atoms with Crippen LogP contribution < -0.4 is 4.52 Å². The van der Waals surface area contributed by atoms with Crippen LogP contribution in [0.1, 0.15) is 0 Å². The van der Waals surface area contributed by atoms with Gasteiger partial charge in [-0.15, -0.1) is 0 Å². The third-order valence-electron chi connectivity index (χ3n) is 1.75. The van der Waals surface area contributed by atoms with Gasteiger partial charge in [0.05, 0.1) is 0 Å². The molecule has 2 aromatic rings. The summed E-state index contributed by atoms with van der Waals surface area (Å²) in [5.74, 6) is 0.147. The van der Waals surface area contributed by atoms with E-state index in [2.05, 4.69) is 9.51 Å². The van der Waals surface area contributed by atoms with Crippen LogP contribution in [0, 0.1) is 0 Å². The molecule has 0 atom stereocenters. The van der Waals surface area contributed by atoms with Gasteiger partial charge in [0, 0.05) is 17.8 Å².